The smallest absolute Gasteiger partial charge is 0.122 e. The summed E-state index contributed by atoms with van der Waals surface area (Å²) in [7, 11) is 0. The zero-order valence-corrected chi connectivity index (χ0v) is 12.7. The van der Waals surface area contributed by atoms with Crippen LogP contribution in [0.4, 0.5) is 0 Å². The summed E-state index contributed by atoms with van der Waals surface area (Å²) in [4.78, 5) is 0. The SMILES string of the molecule is CC(C)c1ccc(OCC2CCOc3ccccc32)cc1. The molecule has 0 N–H and O–H groups in total. The van der Waals surface area contributed by atoms with Crippen LogP contribution in [0.25, 0.3) is 0 Å². The summed E-state index contributed by atoms with van der Waals surface area (Å²) < 4.78 is 11.7. The van der Waals surface area contributed by atoms with E-state index < -0.39 is 0 Å². The van der Waals surface area contributed by atoms with Gasteiger partial charge in [-0.3, -0.25) is 0 Å². The maximum Gasteiger partial charge on any atom is 0.122 e. The lowest BCUT2D eigenvalue weighted by Gasteiger charge is -2.25. The van der Waals surface area contributed by atoms with Gasteiger partial charge in [-0.15, -0.1) is 0 Å². The van der Waals surface area contributed by atoms with Crippen LogP contribution in [0, 0.1) is 0 Å². The van der Waals surface area contributed by atoms with E-state index in [9.17, 15) is 0 Å². The van der Waals surface area contributed by atoms with Gasteiger partial charge in [-0.2, -0.15) is 0 Å². The molecule has 0 radical (unpaired) electrons. The van der Waals surface area contributed by atoms with Gasteiger partial charge in [-0.25, -0.2) is 0 Å². The first kappa shape index (κ1) is 14.0. The summed E-state index contributed by atoms with van der Waals surface area (Å²) in [5, 5.41) is 0. The maximum atomic E-state index is 5.98. The molecule has 0 saturated heterocycles. The van der Waals surface area contributed by atoms with E-state index in [0.717, 1.165) is 24.5 Å². The first-order valence-corrected chi connectivity index (χ1v) is 7.68. The Labute approximate surface area is 126 Å². The molecule has 0 spiro atoms. The molecule has 1 heterocycles. The van der Waals surface area contributed by atoms with Gasteiger partial charge < -0.3 is 9.47 Å². The Bertz CT molecular complexity index is 587. The molecular formula is C19H22O2. The number of hydrogen-bond donors (Lipinski definition) is 0. The zero-order chi connectivity index (χ0) is 14.7. The molecule has 1 aliphatic heterocycles. The lowest BCUT2D eigenvalue weighted by molar-refractivity contribution is 0.217. The van der Waals surface area contributed by atoms with Crippen LogP contribution in [-0.2, 0) is 0 Å². The van der Waals surface area contributed by atoms with Crippen LogP contribution in [-0.4, -0.2) is 13.2 Å². The Morgan fingerprint density at radius 3 is 2.62 bits per heavy atom. The first-order chi connectivity index (χ1) is 10.2. The third-order valence-corrected chi connectivity index (χ3v) is 4.08. The highest BCUT2D eigenvalue weighted by Gasteiger charge is 2.21. The summed E-state index contributed by atoms with van der Waals surface area (Å²) >= 11 is 0. The standard InChI is InChI=1S/C19H22O2/c1-14(2)15-7-9-17(10-8-15)21-13-16-11-12-20-19-6-4-3-5-18(16)19/h3-10,14,16H,11-13H2,1-2H3. The normalized spacial score (nSPS) is 17.2. The number of rotatable bonds is 4. The lowest BCUT2D eigenvalue weighted by atomic mass is 9.94. The fourth-order valence-electron chi connectivity index (χ4n) is 2.73. The van der Waals surface area contributed by atoms with Crippen molar-refractivity contribution in [1.82, 2.24) is 0 Å². The Morgan fingerprint density at radius 1 is 1.10 bits per heavy atom. The van der Waals surface area contributed by atoms with Crippen LogP contribution < -0.4 is 9.47 Å². The van der Waals surface area contributed by atoms with E-state index in [-0.39, 0.29) is 0 Å². The van der Waals surface area contributed by atoms with Crippen LogP contribution in [0.1, 0.15) is 43.2 Å². The third-order valence-electron chi connectivity index (χ3n) is 4.08. The molecule has 3 rings (SSSR count). The van der Waals surface area contributed by atoms with Gasteiger partial charge in [0.25, 0.3) is 0 Å². The largest absolute Gasteiger partial charge is 0.493 e. The van der Waals surface area contributed by atoms with E-state index in [1.807, 2.05) is 12.1 Å². The molecule has 0 aromatic heterocycles. The molecular weight excluding hydrogens is 260 g/mol. The minimum Gasteiger partial charge on any atom is -0.493 e. The summed E-state index contributed by atoms with van der Waals surface area (Å²) in [6.07, 6.45) is 1.01. The van der Waals surface area contributed by atoms with Crippen LogP contribution in [0.3, 0.4) is 0 Å². The van der Waals surface area contributed by atoms with Crippen LogP contribution in [0.15, 0.2) is 48.5 Å². The lowest BCUT2D eigenvalue weighted by Crippen LogP contribution is -2.19. The second-order valence-electron chi connectivity index (χ2n) is 5.91. The Hall–Kier alpha value is -1.96. The number of para-hydroxylation sites is 1. The molecule has 0 saturated carbocycles. The number of benzene rings is 2. The molecule has 21 heavy (non-hydrogen) atoms. The summed E-state index contributed by atoms with van der Waals surface area (Å²) in [5.41, 5.74) is 2.61. The quantitative estimate of drug-likeness (QED) is 0.805. The maximum absolute atomic E-state index is 5.98. The molecule has 2 heteroatoms. The molecule has 0 bridgehead atoms. The second kappa shape index (κ2) is 6.21. The summed E-state index contributed by atoms with van der Waals surface area (Å²) in [5.74, 6) is 2.93. The molecule has 2 aromatic carbocycles. The summed E-state index contributed by atoms with van der Waals surface area (Å²) in [6.45, 7) is 5.89. The van der Waals surface area contributed by atoms with Gasteiger partial charge >= 0.3 is 0 Å². The highest BCUT2D eigenvalue weighted by atomic mass is 16.5. The molecule has 1 unspecified atom stereocenters. The van der Waals surface area contributed by atoms with Crippen molar-refractivity contribution < 1.29 is 9.47 Å². The first-order valence-electron chi connectivity index (χ1n) is 7.68. The van der Waals surface area contributed by atoms with Crippen molar-refractivity contribution in [3.63, 3.8) is 0 Å². The second-order valence-corrected chi connectivity index (χ2v) is 5.91. The van der Waals surface area contributed by atoms with Gasteiger partial charge in [-0.1, -0.05) is 44.2 Å². The topological polar surface area (TPSA) is 18.5 Å². The van der Waals surface area contributed by atoms with Crippen molar-refractivity contribution >= 4 is 0 Å². The van der Waals surface area contributed by atoms with Crippen LogP contribution in [0.5, 0.6) is 11.5 Å². The van der Waals surface area contributed by atoms with E-state index in [2.05, 4.69) is 50.2 Å². The van der Waals surface area contributed by atoms with Gasteiger partial charge in [0.15, 0.2) is 0 Å². The molecule has 2 aromatic rings. The van der Waals surface area contributed by atoms with Crippen LogP contribution >= 0.6 is 0 Å². The molecule has 0 amide bonds. The van der Waals surface area contributed by atoms with Gasteiger partial charge in [-0.05, 0) is 36.1 Å². The monoisotopic (exact) mass is 282 g/mol. The molecule has 1 aliphatic rings. The molecule has 2 nitrogen and oxygen atoms in total. The molecule has 1 atom stereocenters. The van der Waals surface area contributed by atoms with Crippen molar-refractivity contribution in [3.05, 3.63) is 59.7 Å². The van der Waals surface area contributed by atoms with E-state index in [1.54, 1.807) is 0 Å². The minimum absolute atomic E-state index is 0.416. The van der Waals surface area contributed by atoms with Crippen LogP contribution in [0.2, 0.25) is 0 Å². The van der Waals surface area contributed by atoms with E-state index in [0.29, 0.717) is 18.4 Å². The van der Waals surface area contributed by atoms with Gasteiger partial charge in [0.2, 0.25) is 0 Å². The Kier molecular flexibility index (Phi) is 4.14. The predicted molar refractivity (Wildman–Crippen MR) is 85.3 cm³/mol. The highest BCUT2D eigenvalue weighted by Crippen LogP contribution is 2.33. The molecule has 0 aliphatic carbocycles. The summed E-state index contributed by atoms with van der Waals surface area (Å²) in [6, 6.07) is 16.7. The van der Waals surface area contributed by atoms with Crippen molar-refractivity contribution in [2.24, 2.45) is 0 Å². The zero-order valence-electron chi connectivity index (χ0n) is 12.7. The van der Waals surface area contributed by atoms with Crippen molar-refractivity contribution in [3.8, 4) is 11.5 Å². The Balaban J connectivity index is 1.66. The third kappa shape index (κ3) is 3.21. The van der Waals surface area contributed by atoms with E-state index in [1.165, 1.54) is 11.1 Å². The van der Waals surface area contributed by atoms with Crippen molar-refractivity contribution in [2.45, 2.75) is 32.1 Å². The van der Waals surface area contributed by atoms with Crippen molar-refractivity contribution in [2.75, 3.05) is 13.2 Å². The Morgan fingerprint density at radius 2 is 1.86 bits per heavy atom. The average molecular weight is 282 g/mol. The molecule has 110 valence electrons. The number of ether oxygens (including phenoxy) is 2. The fraction of sp³-hybridized carbons (Fsp3) is 0.368. The number of fused-ring (bicyclic) bond motifs is 1. The van der Waals surface area contributed by atoms with E-state index >= 15 is 0 Å². The van der Waals surface area contributed by atoms with E-state index in [4.69, 9.17) is 9.47 Å². The van der Waals surface area contributed by atoms with Gasteiger partial charge in [0.05, 0.1) is 13.2 Å². The minimum atomic E-state index is 0.416. The molecule has 0 fully saturated rings. The fourth-order valence-corrected chi connectivity index (χ4v) is 2.73. The average Bonchev–Trinajstić information content (AvgIpc) is 2.53. The van der Waals surface area contributed by atoms with Crippen molar-refractivity contribution in [1.29, 1.82) is 0 Å². The highest BCUT2D eigenvalue weighted by molar-refractivity contribution is 5.38. The predicted octanol–water partition coefficient (Wildman–Crippen LogP) is 4.76. The number of hydrogen-bond acceptors (Lipinski definition) is 2. The van der Waals surface area contributed by atoms with Gasteiger partial charge in [0.1, 0.15) is 11.5 Å². The van der Waals surface area contributed by atoms with Gasteiger partial charge in [0, 0.05) is 11.5 Å².